The fraction of sp³-hybridized carbons (Fsp3) is 0.750. The van der Waals surface area contributed by atoms with Crippen LogP contribution in [0.5, 0.6) is 0 Å². The molecule has 0 fully saturated rings. The number of hydrogen-bond acceptors (Lipinski definition) is 1. The van der Waals surface area contributed by atoms with Gasteiger partial charge in [-0.25, -0.2) is 4.79 Å². The van der Waals surface area contributed by atoms with Crippen molar-refractivity contribution in [3.8, 4) is 0 Å². The maximum absolute atomic E-state index is 9.65. The van der Waals surface area contributed by atoms with Gasteiger partial charge in [0.25, 0.3) is 0 Å². The molecular weight excluding hydrogens is 122 g/mol. The molecule has 0 heterocycles. The lowest BCUT2D eigenvalue weighted by Crippen LogP contribution is -2.20. The van der Waals surface area contributed by atoms with Crippen LogP contribution in [0.25, 0.3) is 0 Å². The summed E-state index contributed by atoms with van der Waals surface area (Å²) in [6, 6.07) is 0. The SMILES string of the molecule is CCCNC(=O)O.[SiH4]. The maximum Gasteiger partial charge on any atom is 0.404 e. The molecule has 0 saturated carbocycles. The molecule has 4 heteroatoms. The average molecular weight is 135 g/mol. The van der Waals surface area contributed by atoms with E-state index in [2.05, 4.69) is 5.32 Å². The molecule has 2 N–H and O–H groups in total. The lowest BCUT2D eigenvalue weighted by molar-refractivity contribution is 0.194. The van der Waals surface area contributed by atoms with Crippen molar-refractivity contribution in [1.29, 1.82) is 0 Å². The van der Waals surface area contributed by atoms with Gasteiger partial charge in [-0.1, -0.05) is 6.92 Å². The Hall–Kier alpha value is -0.513. The van der Waals surface area contributed by atoms with Crippen molar-refractivity contribution in [3.63, 3.8) is 0 Å². The van der Waals surface area contributed by atoms with Gasteiger partial charge in [0.15, 0.2) is 0 Å². The molecule has 0 aromatic heterocycles. The Labute approximate surface area is 53.1 Å². The van der Waals surface area contributed by atoms with E-state index in [4.69, 9.17) is 5.11 Å². The van der Waals surface area contributed by atoms with Crippen molar-refractivity contribution in [2.24, 2.45) is 0 Å². The van der Waals surface area contributed by atoms with E-state index in [1.54, 1.807) is 0 Å². The smallest absolute Gasteiger partial charge is 0.404 e. The molecule has 0 aromatic carbocycles. The van der Waals surface area contributed by atoms with Crippen LogP contribution in [-0.2, 0) is 0 Å². The average Bonchev–Trinajstić information content (AvgIpc) is 1.61. The quantitative estimate of drug-likeness (QED) is 0.488. The van der Waals surface area contributed by atoms with E-state index < -0.39 is 6.09 Å². The first-order valence-electron chi connectivity index (χ1n) is 2.24. The van der Waals surface area contributed by atoms with Gasteiger partial charge in [-0.3, -0.25) is 0 Å². The summed E-state index contributed by atoms with van der Waals surface area (Å²) in [5.41, 5.74) is 0. The molecular formula is C4H13NO2Si. The number of carboxylic acid groups (broad SMARTS) is 1. The van der Waals surface area contributed by atoms with Gasteiger partial charge in [-0.2, -0.15) is 0 Å². The van der Waals surface area contributed by atoms with E-state index in [-0.39, 0.29) is 11.0 Å². The van der Waals surface area contributed by atoms with Crippen LogP contribution in [0, 0.1) is 0 Å². The number of nitrogens with one attached hydrogen (secondary N) is 1. The van der Waals surface area contributed by atoms with Crippen LogP contribution in [0.15, 0.2) is 0 Å². The fourth-order valence-corrected chi connectivity index (χ4v) is 0.232. The monoisotopic (exact) mass is 135 g/mol. The van der Waals surface area contributed by atoms with Crippen LogP contribution >= 0.6 is 0 Å². The molecule has 3 nitrogen and oxygen atoms in total. The van der Waals surface area contributed by atoms with Crippen LogP contribution in [0.3, 0.4) is 0 Å². The van der Waals surface area contributed by atoms with Crippen molar-refractivity contribution >= 4 is 17.1 Å². The predicted molar refractivity (Wildman–Crippen MR) is 37.7 cm³/mol. The fourth-order valence-electron chi connectivity index (χ4n) is 0.232. The van der Waals surface area contributed by atoms with Gasteiger partial charge in [-0.15, -0.1) is 0 Å². The highest BCUT2D eigenvalue weighted by atomic mass is 28.1. The molecule has 0 bridgehead atoms. The number of rotatable bonds is 2. The molecule has 0 aliphatic rings. The van der Waals surface area contributed by atoms with Gasteiger partial charge in [0.2, 0.25) is 0 Å². The second kappa shape index (κ2) is 6.49. The maximum atomic E-state index is 9.65. The normalized spacial score (nSPS) is 7.12. The summed E-state index contributed by atoms with van der Waals surface area (Å²) in [5.74, 6) is 0. The van der Waals surface area contributed by atoms with Crippen molar-refractivity contribution in [2.45, 2.75) is 13.3 Å². The van der Waals surface area contributed by atoms with Crippen molar-refractivity contribution in [2.75, 3.05) is 6.54 Å². The first-order valence-corrected chi connectivity index (χ1v) is 2.24. The largest absolute Gasteiger partial charge is 0.465 e. The lowest BCUT2D eigenvalue weighted by Gasteiger charge is -1.91. The molecule has 8 heavy (non-hydrogen) atoms. The summed E-state index contributed by atoms with van der Waals surface area (Å²) >= 11 is 0. The second-order valence-corrected chi connectivity index (χ2v) is 1.23. The van der Waals surface area contributed by atoms with Crippen LogP contribution in [0.2, 0.25) is 0 Å². The second-order valence-electron chi connectivity index (χ2n) is 1.23. The molecule has 50 valence electrons. The van der Waals surface area contributed by atoms with Crippen molar-refractivity contribution < 1.29 is 9.90 Å². The summed E-state index contributed by atoms with van der Waals surface area (Å²) in [6.45, 7) is 2.46. The summed E-state index contributed by atoms with van der Waals surface area (Å²) in [6.07, 6.45) is -0.0893. The summed E-state index contributed by atoms with van der Waals surface area (Å²) in [7, 11) is 0. The van der Waals surface area contributed by atoms with Crippen molar-refractivity contribution in [1.82, 2.24) is 5.32 Å². The van der Waals surface area contributed by atoms with Gasteiger partial charge in [-0.05, 0) is 17.4 Å². The van der Waals surface area contributed by atoms with Gasteiger partial charge in [0, 0.05) is 6.54 Å². The molecule has 0 spiro atoms. The molecule has 0 radical (unpaired) electrons. The summed E-state index contributed by atoms with van der Waals surface area (Å²) < 4.78 is 0. The Morgan fingerprint density at radius 2 is 2.25 bits per heavy atom. The molecule has 0 atom stereocenters. The number of hydrogen-bond donors (Lipinski definition) is 2. The van der Waals surface area contributed by atoms with Gasteiger partial charge in [0.05, 0.1) is 0 Å². The zero-order valence-corrected chi connectivity index (χ0v) is 4.27. The van der Waals surface area contributed by atoms with E-state index in [0.717, 1.165) is 6.42 Å². The molecule has 0 aliphatic heterocycles. The highest BCUT2D eigenvalue weighted by molar-refractivity contribution is 5.75. The summed E-state index contributed by atoms with van der Waals surface area (Å²) in [5, 5.41) is 10.1. The van der Waals surface area contributed by atoms with Crippen molar-refractivity contribution in [3.05, 3.63) is 0 Å². The molecule has 0 unspecified atom stereocenters. The van der Waals surface area contributed by atoms with E-state index in [9.17, 15) is 4.79 Å². The zero-order chi connectivity index (χ0) is 5.70. The summed E-state index contributed by atoms with van der Waals surface area (Å²) in [4.78, 5) is 9.65. The Morgan fingerprint density at radius 3 is 2.38 bits per heavy atom. The highest BCUT2D eigenvalue weighted by Gasteiger charge is 1.86. The molecule has 0 rings (SSSR count). The van der Waals surface area contributed by atoms with E-state index >= 15 is 0 Å². The minimum atomic E-state index is -0.943. The van der Waals surface area contributed by atoms with E-state index in [0.29, 0.717) is 6.54 Å². The Kier molecular flexibility index (Phi) is 8.49. The third kappa shape index (κ3) is 9.09. The Morgan fingerprint density at radius 1 is 1.75 bits per heavy atom. The molecule has 1 amide bonds. The number of carbonyl (C=O) groups is 1. The number of amides is 1. The highest BCUT2D eigenvalue weighted by Crippen LogP contribution is 1.67. The standard InChI is InChI=1S/C4H9NO2.H4Si/c1-2-3-5-4(6)7;/h5H,2-3H2,1H3,(H,6,7);1H4. The van der Waals surface area contributed by atoms with Crippen LogP contribution in [0.4, 0.5) is 4.79 Å². The lowest BCUT2D eigenvalue weighted by atomic mass is 10.5. The van der Waals surface area contributed by atoms with E-state index in [1.165, 1.54) is 0 Å². The topological polar surface area (TPSA) is 49.3 Å². The minimum absolute atomic E-state index is 0. The van der Waals surface area contributed by atoms with Gasteiger partial charge < -0.3 is 10.4 Å². The third-order valence-electron chi connectivity index (χ3n) is 0.526. The Bertz CT molecular complexity index is 67.1. The molecule has 0 aromatic rings. The predicted octanol–water partition coefficient (Wildman–Crippen LogP) is -0.788. The first-order chi connectivity index (χ1) is 3.27. The third-order valence-corrected chi connectivity index (χ3v) is 0.526. The van der Waals surface area contributed by atoms with Crippen LogP contribution < -0.4 is 5.32 Å². The molecule has 0 saturated heterocycles. The first kappa shape index (κ1) is 10.5. The minimum Gasteiger partial charge on any atom is -0.465 e. The van der Waals surface area contributed by atoms with Crippen LogP contribution in [-0.4, -0.2) is 28.7 Å². The Balaban J connectivity index is 0. The zero-order valence-electron chi connectivity index (χ0n) is 4.27. The van der Waals surface area contributed by atoms with E-state index in [1.807, 2.05) is 6.92 Å². The molecule has 0 aliphatic carbocycles. The van der Waals surface area contributed by atoms with Gasteiger partial charge >= 0.3 is 6.09 Å². The van der Waals surface area contributed by atoms with Gasteiger partial charge in [0.1, 0.15) is 0 Å². The van der Waals surface area contributed by atoms with Crippen LogP contribution in [0.1, 0.15) is 13.3 Å².